The second-order valence-electron chi connectivity index (χ2n) is 3.03. The Hall–Kier alpha value is 0.190. The lowest BCUT2D eigenvalue weighted by Crippen LogP contribution is -2.55. The molecule has 0 bridgehead atoms. The average molecular weight is 194 g/mol. The van der Waals surface area contributed by atoms with E-state index in [1.165, 1.54) is 0 Å². The summed E-state index contributed by atoms with van der Waals surface area (Å²) in [6, 6.07) is 0. The van der Waals surface area contributed by atoms with E-state index in [1.54, 1.807) is 6.92 Å². The molecule has 5 heteroatoms. The number of hydrogen-bond acceptors (Lipinski definition) is 5. The molecule has 1 rings (SSSR count). The quantitative estimate of drug-likeness (QED) is 0.395. The number of aliphatic hydroxyl groups excluding tert-OH is 3. The fourth-order valence-electron chi connectivity index (χ4n) is 1.29. The van der Waals surface area contributed by atoms with Gasteiger partial charge in [0.05, 0.1) is 30.2 Å². The normalized spacial score (nSPS) is 49.2. The highest BCUT2D eigenvalue weighted by Crippen LogP contribution is 2.24. The van der Waals surface area contributed by atoms with Crippen molar-refractivity contribution in [2.75, 3.05) is 6.61 Å². The van der Waals surface area contributed by atoms with Crippen molar-refractivity contribution in [3.05, 3.63) is 0 Å². The monoisotopic (exact) mass is 194 g/mol. The van der Waals surface area contributed by atoms with Crippen LogP contribution in [0.3, 0.4) is 0 Å². The summed E-state index contributed by atoms with van der Waals surface area (Å²) in [5.41, 5.74) is 0. The Morgan fingerprint density at radius 1 is 1.33 bits per heavy atom. The summed E-state index contributed by atoms with van der Waals surface area (Å²) in [7, 11) is 0. The minimum Gasteiger partial charge on any atom is -0.394 e. The molecule has 1 aliphatic heterocycles. The zero-order valence-electron chi connectivity index (χ0n) is 6.79. The molecule has 0 aliphatic carbocycles. The van der Waals surface area contributed by atoms with Crippen LogP contribution >= 0.6 is 12.6 Å². The largest absolute Gasteiger partial charge is 0.394 e. The fraction of sp³-hybridized carbons (Fsp3) is 1.00. The molecule has 1 heterocycles. The molecule has 72 valence electrons. The van der Waals surface area contributed by atoms with E-state index in [0.717, 1.165) is 0 Å². The van der Waals surface area contributed by atoms with Crippen LogP contribution in [0.1, 0.15) is 6.92 Å². The average Bonchev–Trinajstić information content (AvgIpc) is 2.08. The van der Waals surface area contributed by atoms with E-state index in [2.05, 4.69) is 12.6 Å². The molecule has 1 aliphatic rings. The molecule has 1 fully saturated rings. The topological polar surface area (TPSA) is 69.9 Å². The smallest absolute Gasteiger partial charge is 0.107 e. The van der Waals surface area contributed by atoms with Crippen LogP contribution < -0.4 is 0 Å². The molecule has 0 radical (unpaired) electrons. The van der Waals surface area contributed by atoms with E-state index in [-0.39, 0.29) is 6.61 Å². The second-order valence-corrected chi connectivity index (χ2v) is 3.63. The number of ether oxygens (including phenoxy) is 1. The van der Waals surface area contributed by atoms with E-state index < -0.39 is 29.7 Å². The maximum Gasteiger partial charge on any atom is 0.107 e. The summed E-state index contributed by atoms with van der Waals surface area (Å²) in [6.45, 7) is 1.46. The standard InChI is InChI=1S/C7H14O4S/c1-3-5(9)6(10)7(12)4(2-8)11-3/h3-10,12H,2H2,1H3/t3-,4?,5-,6?,7-/m1/s1. The first-order chi connectivity index (χ1) is 5.57. The maximum atomic E-state index is 9.40. The number of hydrogen-bond donors (Lipinski definition) is 4. The zero-order chi connectivity index (χ0) is 9.30. The van der Waals surface area contributed by atoms with Crippen molar-refractivity contribution >= 4 is 12.6 Å². The molecular formula is C7H14O4S. The van der Waals surface area contributed by atoms with Crippen LogP contribution in [0.2, 0.25) is 0 Å². The van der Waals surface area contributed by atoms with Gasteiger partial charge in [-0.15, -0.1) is 0 Å². The van der Waals surface area contributed by atoms with Gasteiger partial charge in [0.1, 0.15) is 6.10 Å². The number of rotatable bonds is 1. The highest BCUT2D eigenvalue weighted by atomic mass is 32.1. The van der Waals surface area contributed by atoms with Gasteiger partial charge in [0.25, 0.3) is 0 Å². The van der Waals surface area contributed by atoms with Gasteiger partial charge in [0, 0.05) is 0 Å². The molecule has 0 saturated carbocycles. The SMILES string of the molecule is C[C@H]1OC(CO)[C@@H](S)C(O)[C@@H]1O. The molecule has 1 saturated heterocycles. The molecule has 0 amide bonds. The Morgan fingerprint density at radius 3 is 2.42 bits per heavy atom. The first-order valence-corrected chi connectivity index (χ1v) is 4.40. The molecule has 0 aromatic carbocycles. The summed E-state index contributed by atoms with van der Waals surface area (Å²) in [4.78, 5) is 0. The summed E-state index contributed by atoms with van der Waals surface area (Å²) in [6.07, 6.45) is -2.81. The van der Waals surface area contributed by atoms with Crippen molar-refractivity contribution < 1.29 is 20.1 Å². The first kappa shape index (κ1) is 10.3. The van der Waals surface area contributed by atoms with Crippen LogP contribution in [0, 0.1) is 0 Å². The van der Waals surface area contributed by atoms with Crippen LogP contribution in [0.15, 0.2) is 0 Å². The van der Waals surface area contributed by atoms with Crippen molar-refractivity contribution in [3.8, 4) is 0 Å². The van der Waals surface area contributed by atoms with Crippen LogP contribution in [-0.2, 0) is 4.74 Å². The Morgan fingerprint density at radius 2 is 1.92 bits per heavy atom. The van der Waals surface area contributed by atoms with E-state index in [0.29, 0.717) is 0 Å². The molecule has 12 heavy (non-hydrogen) atoms. The molecule has 5 atom stereocenters. The second kappa shape index (κ2) is 3.93. The van der Waals surface area contributed by atoms with Crippen molar-refractivity contribution in [2.45, 2.75) is 36.6 Å². The van der Waals surface area contributed by atoms with Crippen molar-refractivity contribution in [2.24, 2.45) is 0 Å². The molecule has 0 spiro atoms. The maximum absolute atomic E-state index is 9.40. The highest BCUT2D eigenvalue weighted by molar-refractivity contribution is 7.81. The van der Waals surface area contributed by atoms with E-state index in [9.17, 15) is 10.2 Å². The van der Waals surface area contributed by atoms with Gasteiger partial charge in [0.15, 0.2) is 0 Å². The zero-order valence-corrected chi connectivity index (χ0v) is 7.69. The van der Waals surface area contributed by atoms with Crippen LogP contribution in [-0.4, -0.2) is 51.6 Å². The van der Waals surface area contributed by atoms with Gasteiger partial charge in [-0.25, -0.2) is 0 Å². The summed E-state index contributed by atoms with van der Waals surface area (Å²) >= 11 is 4.04. The first-order valence-electron chi connectivity index (χ1n) is 3.88. The van der Waals surface area contributed by atoms with Gasteiger partial charge < -0.3 is 20.1 Å². The van der Waals surface area contributed by atoms with E-state index in [1.807, 2.05) is 0 Å². The minimum atomic E-state index is -0.936. The number of aliphatic hydroxyl groups is 3. The molecule has 0 aromatic rings. The summed E-state index contributed by atoms with van der Waals surface area (Å²) < 4.78 is 5.19. The third kappa shape index (κ3) is 1.75. The third-order valence-corrected chi connectivity index (χ3v) is 2.77. The molecule has 0 aromatic heterocycles. The van der Waals surface area contributed by atoms with Gasteiger partial charge >= 0.3 is 0 Å². The van der Waals surface area contributed by atoms with Crippen molar-refractivity contribution in [1.82, 2.24) is 0 Å². The third-order valence-electron chi connectivity index (χ3n) is 2.13. The van der Waals surface area contributed by atoms with Crippen LogP contribution in [0.5, 0.6) is 0 Å². The predicted octanol–water partition coefficient (Wildman–Crippen LogP) is -1.21. The Labute approximate surface area is 76.6 Å². The molecule has 4 nitrogen and oxygen atoms in total. The lowest BCUT2D eigenvalue weighted by atomic mass is 9.98. The van der Waals surface area contributed by atoms with Crippen molar-refractivity contribution in [1.29, 1.82) is 0 Å². The lowest BCUT2D eigenvalue weighted by Gasteiger charge is -2.39. The fourth-order valence-corrected chi connectivity index (χ4v) is 1.63. The van der Waals surface area contributed by atoms with Gasteiger partial charge in [-0.2, -0.15) is 12.6 Å². The van der Waals surface area contributed by atoms with Gasteiger partial charge in [0.2, 0.25) is 0 Å². The Balaban J connectivity index is 2.63. The summed E-state index contributed by atoms with van der Waals surface area (Å²) in [5, 5.41) is 27.0. The minimum absolute atomic E-state index is 0.192. The molecular weight excluding hydrogens is 180 g/mol. The van der Waals surface area contributed by atoms with Crippen LogP contribution in [0.4, 0.5) is 0 Å². The predicted molar refractivity (Wildman–Crippen MR) is 46.2 cm³/mol. The Bertz CT molecular complexity index is 150. The molecule has 3 N–H and O–H groups in total. The van der Waals surface area contributed by atoms with Crippen molar-refractivity contribution in [3.63, 3.8) is 0 Å². The Kier molecular flexibility index (Phi) is 3.37. The lowest BCUT2D eigenvalue weighted by molar-refractivity contribution is -0.165. The molecule has 2 unspecified atom stereocenters. The van der Waals surface area contributed by atoms with Crippen LogP contribution in [0.25, 0.3) is 0 Å². The summed E-state index contributed by atoms with van der Waals surface area (Å²) in [5.74, 6) is 0. The van der Waals surface area contributed by atoms with Gasteiger partial charge in [-0.05, 0) is 6.92 Å². The number of thiol groups is 1. The van der Waals surface area contributed by atoms with E-state index in [4.69, 9.17) is 9.84 Å². The van der Waals surface area contributed by atoms with Gasteiger partial charge in [-0.3, -0.25) is 0 Å². The highest BCUT2D eigenvalue weighted by Gasteiger charge is 2.40. The van der Waals surface area contributed by atoms with Gasteiger partial charge in [-0.1, -0.05) is 0 Å². The van der Waals surface area contributed by atoms with E-state index >= 15 is 0 Å².